The van der Waals surface area contributed by atoms with Crippen molar-refractivity contribution in [2.45, 2.75) is 19.4 Å². The lowest BCUT2D eigenvalue weighted by molar-refractivity contribution is -0.118. The van der Waals surface area contributed by atoms with E-state index in [1.165, 1.54) is 5.56 Å². The number of nitrogens with one attached hydrogen (secondary N) is 2. The minimum atomic E-state index is -0.327. The van der Waals surface area contributed by atoms with Crippen LogP contribution in [0.4, 0.5) is 5.69 Å². The van der Waals surface area contributed by atoms with Crippen molar-refractivity contribution in [3.8, 4) is 5.75 Å². The molecule has 4 aromatic rings. The van der Waals surface area contributed by atoms with Gasteiger partial charge in [-0.2, -0.15) is 0 Å². The Bertz CT molecular complexity index is 1220. The van der Waals surface area contributed by atoms with E-state index < -0.39 is 0 Å². The van der Waals surface area contributed by atoms with Gasteiger partial charge in [-0.15, -0.1) is 0 Å². The zero-order valence-electron chi connectivity index (χ0n) is 19.6. The van der Waals surface area contributed by atoms with Crippen molar-refractivity contribution in [1.82, 2.24) is 5.32 Å². The van der Waals surface area contributed by atoms with E-state index in [2.05, 4.69) is 17.6 Å². The summed E-state index contributed by atoms with van der Waals surface area (Å²) in [5.41, 5.74) is 4.21. The molecule has 2 N–H and O–H groups in total. The Kier molecular flexibility index (Phi) is 7.92. The highest BCUT2D eigenvalue weighted by Crippen LogP contribution is 2.24. The summed E-state index contributed by atoms with van der Waals surface area (Å²) in [6, 6.07) is 33.9. The highest BCUT2D eigenvalue weighted by atomic mass is 16.5. The van der Waals surface area contributed by atoms with Gasteiger partial charge in [0.15, 0.2) is 6.61 Å². The fourth-order valence-electron chi connectivity index (χ4n) is 3.80. The van der Waals surface area contributed by atoms with E-state index in [0.717, 1.165) is 17.5 Å². The summed E-state index contributed by atoms with van der Waals surface area (Å²) in [5, 5.41) is 5.95. The zero-order chi connectivity index (χ0) is 24.5. The van der Waals surface area contributed by atoms with Crippen LogP contribution in [0.3, 0.4) is 0 Å². The quantitative estimate of drug-likeness (QED) is 0.330. The summed E-state index contributed by atoms with van der Waals surface area (Å²) in [5.74, 6) is -0.230. The largest absolute Gasteiger partial charge is 0.483 e. The molecule has 4 rings (SSSR count). The number of carbonyl (C=O) groups is 2. The number of amides is 2. The summed E-state index contributed by atoms with van der Waals surface area (Å²) in [6.07, 6.45) is 0.936. The lowest BCUT2D eigenvalue weighted by atomic mass is 9.98. The summed E-state index contributed by atoms with van der Waals surface area (Å²) in [7, 11) is 0. The van der Waals surface area contributed by atoms with Crippen molar-refractivity contribution < 1.29 is 14.3 Å². The first-order valence-electron chi connectivity index (χ1n) is 11.7. The summed E-state index contributed by atoms with van der Waals surface area (Å²) < 4.78 is 5.76. The van der Waals surface area contributed by atoms with E-state index in [9.17, 15) is 9.59 Å². The number of anilines is 1. The molecule has 4 aromatic carbocycles. The van der Waals surface area contributed by atoms with Crippen LogP contribution in [0.15, 0.2) is 109 Å². The van der Waals surface area contributed by atoms with Crippen LogP contribution >= 0.6 is 0 Å². The van der Waals surface area contributed by atoms with E-state index in [1.807, 2.05) is 84.9 Å². The van der Waals surface area contributed by atoms with Gasteiger partial charge in [-0.3, -0.25) is 9.59 Å². The van der Waals surface area contributed by atoms with E-state index in [0.29, 0.717) is 17.0 Å². The third kappa shape index (κ3) is 6.36. The zero-order valence-corrected chi connectivity index (χ0v) is 19.6. The Morgan fingerprint density at radius 1 is 0.743 bits per heavy atom. The lowest BCUT2D eigenvalue weighted by Crippen LogP contribution is -2.30. The van der Waals surface area contributed by atoms with Crippen molar-refractivity contribution in [3.05, 3.63) is 131 Å². The van der Waals surface area contributed by atoms with E-state index >= 15 is 0 Å². The molecule has 0 fully saturated rings. The fourth-order valence-corrected chi connectivity index (χ4v) is 3.80. The molecule has 176 valence electrons. The predicted molar refractivity (Wildman–Crippen MR) is 139 cm³/mol. The molecule has 0 radical (unpaired) electrons. The van der Waals surface area contributed by atoms with E-state index in [1.54, 1.807) is 24.3 Å². The molecule has 5 nitrogen and oxygen atoms in total. The molecule has 0 saturated carbocycles. The van der Waals surface area contributed by atoms with Gasteiger partial charge < -0.3 is 15.4 Å². The van der Waals surface area contributed by atoms with Gasteiger partial charge >= 0.3 is 0 Å². The van der Waals surface area contributed by atoms with Crippen molar-refractivity contribution in [2.75, 3.05) is 11.9 Å². The second-order valence-electron chi connectivity index (χ2n) is 8.11. The number of carbonyl (C=O) groups excluding carboxylic acids is 2. The van der Waals surface area contributed by atoms with Crippen LogP contribution in [0.1, 0.15) is 40.0 Å². The van der Waals surface area contributed by atoms with Crippen LogP contribution in [0.5, 0.6) is 5.75 Å². The van der Waals surface area contributed by atoms with Crippen molar-refractivity contribution >= 4 is 17.5 Å². The Labute approximate surface area is 205 Å². The predicted octanol–water partition coefficient (Wildman–Crippen LogP) is 5.79. The average molecular weight is 465 g/mol. The molecule has 0 aliphatic carbocycles. The van der Waals surface area contributed by atoms with Crippen LogP contribution in [0.25, 0.3) is 0 Å². The first-order valence-corrected chi connectivity index (χ1v) is 11.7. The maximum atomic E-state index is 13.3. The van der Waals surface area contributed by atoms with Gasteiger partial charge in [0.2, 0.25) is 0 Å². The Balaban J connectivity index is 1.46. The number of para-hydroxylation sites is 1. The van der Waals surface area contributed by atoms with Gasteiger partial charge in [0.25, 0.3) is 11.8 Å². The monoisotopic (exact) mass is 464 g/mol. The average Bonchev–Trinajstić information content (AvgIpc) is 2.92. The van der Waals surface area contributed by atoms with Crippen LogP contribution < -0.4 is 15.4 Å². The minimum absolute atomic E-state index is 0.208. The second-order valence-corrected chi connectivity index (χ2v) is 8.11. The molecule has 0 atom stereocenters. The molecule has 0 saturated heterocycles. The molecule has 5 heteroatoms. The SMILES string of the molecule is CCc1ccc(NC(=O)COc2ccccc2C(=O)NC(c2ccccc2)c2ccccc2)cc1. The first-order chi connectivity index (χ1) is 17.1. The number of hydrogen-bond acceptors (Lipinski definition) is 3. The number of benzene rings is 4. The number of rotatable bonds is 9. The number of aryl methyl sites for hydroxylation is 1. The lowest BCUT2D eigenvalue weighted by Gasteiger charge is -2.21. The number of hydrogen-bond donors (Lipinski definition) is 2. The summed E-state index contributed by atoms with van der Waals surface area (Å²) in [6.45, 7) is 1.87. The van der Waals surface area contributed by atoms with Crippen molar-refractivity contribution in [3.63, 3.8) is 0 Å². The standard InChI is InChI=1S/C30H28N2O3/c1-2-22-17-19-25(20-18-22)31-28(33)21-35-27-16-10-9-15-26(27)30(34)32-29(23-11-5-3-6-12-23)24-13-7-4-8-14-24/h3-20,29H,2,21H2,1H3,(H,31,33)(H,32,34). The topological polar surface area (TPSA) is 67.4 Å². The van der Waals surface area contributed by atoms with Crippen LogP contribution in [0.2, 0.25) is 0 Å². The van der Waals surface area contributed by atoms with Gasteiger partial charge in [0.05, 0.1) is 11.6 Å². The molecule has 0 spiro atoms. The molecule has 35 heavy (non-hydrogen) atoms. The third-order valence-corrected chi connectivity index (χ3v) is 5.68. The normalized spacial score (nSPS) is 10.6. The molecule has 0 aliphatic heterocycles. The highest BCUT2D eigenvalue weighted by molar-refractivity contribution is 5.97. The van der Waals surface area contributed by atoms with Gasteiger partial charge in [-0.05, 0) is 47.4 Å². The Hall–Kier alpha value is -4.38. The maximum Gasteiger partial charge on any atom is 0.262 e. The van der Waals surface area contributed by atoms with Gasteiger partial charge in [-0.1, -0.05) is 91.9 Å². The second kappa shape index (κ2) is 11.7. The van der Waals surface area contributed by atoms with Crippen molar-refractivity contribution in [1.29, 1.82) is 0 Å². The fraction of sp³-hybridized carbons (Fsp3) is 0.133. The Morgan fingerprint density at radius 3 is 1.91 bits per heavy atom. The molecule has 0 heterocycles. The molecule has 0 aromatic heterocycles. The Morgan fingerprint density at radius 2 is 1.31 bits per heavy atom. The van der Waals surface area contributed by atoms with E-state index in [4.69, 9.17) is 4.74 Å². The molecule has 0 bridgehead atoms. The smallest absolute Gasteiger partial charge is 0.262 e. The molecular weight excluding hydrogens is 436 g/mol. The maximum absolute atomic E-state index is 13.3. The summed E-state index contributed by atoms with van der Waals surface area (Å²) >= 11 is 0. The highest BCUT2D eigenvalue weighted by Gasteiger charge is 2.20. The third-order valence-electron chi connectivity index (χ3n) is 5.68. The van der Waals surface area contributed by atoms with Gasteiger partial charge in [-0.25, -0.2) is 0 Å². The molecular formula is C30H28N2O3. The van der Waals surface area contributed by atoms with Crippen LogP contribution in [-0.4, -0.2) is 18.4 Å². The van der Waals surface area contributed by atoms with Crippen LogP contribution in [0, 0.1) is 0 Å². The first kappa shape index (κ1) is 23.8. The molecule has 0 unspecified atom stereocenters. The summed E-state index contributed by atoms with van der Waals surface area (Å²) in [4.78, 5) is 25.8. The molecule has 0 aliphatic rings. The van der Waals surface area contributed by atoms with E-state index in [-0.39, 0.29) is 24.5 Å². The van der Waals surface area contributed by atoms with Crippen LogP contribution in [-0.2, 0) is 11.2 Å². The molecule has 2 amide bonds. The van der Waals surface area contributed by atoms with Gasteiger partial charge in [0, 0.05) is 5.69 Å². The van der Waals surface area contributed by atoms with Gasteiger partial charge in [0.1, 0.15) is 5.75 Å². The van der Waals surface area contributed by atoms with Crippen molar-refractivity contribution in [2.24, 2.45) is 0 Å². The number of ether oxygens (including phenoxy) is 1. The minimum Gasteiger partial charge on any atom is -0.483 e.